The molecule has 0 amide bonds. The number of nitrogens with zero attached hydrogens (tertiary/aromatic N) is 1. The maximum atomic E-state index is 13.0. The van der Waals surface area contributed by atoms with E-state index in [2.05, 4.69) is 4.72 Å². The van der Waals surface area contributed by atoms with Gasteiger partial charge in [-0.25, -0.2) is 30.4 Å². The van der Waals surface area contributed by atoms with Gasteiger partial charge in [0.2, 0.25) is 20.0 Å². The van der Waals surface area contributed by atoms with E-state index in [4.69, 9.17) is 9.88 Å². The van der Waals surface area contributed by atoms with Crippen molar-refractivity contribution < 1.29 is 35.1 Å². The molecule has 11 nitrogen and oxygen atoms in total. The number of phenols is 1. The topological polar surface area (TPSA) is 173 Å². The van der Waals surface area contributed by atoms with Crippen molar-refractivity contribution in [1.82, 2.24) is 4.31 Å². The minimum absolute atomic E-state index is 0.0594. The highest BCUT2D eigenvalue weighted by Gasteiger charge is 2.30. The summed E-state index contributed by atoms with van der Waals surface area (Å²) in [6.07, 6.45) is 0. The largest absolute Gasteiger partial charge is 0.506 e. The average Bonchev–Trinajstić information content (AvgIpc) is 2.79. The van der Waals surface area contributed by atoms with E-state index in [0.717, 1.165) is 6.07 Å². The van der Waals surface area contributed by atoms with E-state index >= 15 is 0 Å². The van der Waals surface area contributed by atoms with Gasteiger partial charge in [0.1, 0.15) is 10.6 Å². The second-order valence-electron chi connectivity index (χ2n) is 7.45. The minimum Gasteiger partial charge on any atom is -0.506 e. The summed E-state index contributed by atoms with van der Waals surface area (Å²) in [6, 6.07) is 11.5. The molecule has 4 N–H and O–H groups in total. The van der Waals surface area contributed by atoms with Gasteiger partial charge >= 0.3 is 0 Å². The van der Waals surface area contributed by atoms with Crippen molar-refractivity contribution >= 4 is 46.5 Å². The standard InChI is InChI=1S/C20H21N3O8S3/c21-32(25,26)14-3-1-4-15(13-14)33(27,28)22-18-6-2-5-17-16(18)7-8-19(20(17)24)34(29,30)23-9-11-31-12-10-23/h1-8,13,22,24H,9-12H2,(H2,21,25,26). The van der Waals surface area contributed by atoms with Crippen LogP contribution in [0.2, 0.25) is 0 Å². The number of aromatic hydroxyl groups is 1. The Kier molecular flexibility index (Phi) is 6.30. The predicted octanol–water partition coefficient (Wildman–Crippen LogP) is 1.01. The van der Waals surface area contributed by atoms with Crippen LogP contribution in [0.15, 0.2) is 69.3 Å². The minimum atomic E-state index is -4.25. The summed E-state index contributed by atoms with van der Waals surface area (Å²) in [7, 11) is -12.4. The second kappa shape index (κ2) is 8.79. The maximum Gasteiger partial charge on any atom is 0.261 e. The first-order chi connectivity index (χ1) is 15.9. The van der Waals surface area contributed by atoms with Gasteiger partial charge in [-0.2, -0.15) is 4.31 Å². The van der Waals surface area contributed by atoms with Crippen molar-refractivity contribution in [3.05, 3.63) is 54.6 Å². The van der Waals surface area contributed by atoms with Crippen LogP contribution in [0.1, 0.15) is 0 Å². The van der Waals surface area contributed by atoms with E-state index in [-0.39, 0.29) is 57.4 Å². The number of nitrogens with one attached hydrogen (secondary N) is 1. The van der Waals surface area contributed by atoms with E-state index < -0.39 is 35.8 Å². The summed E-state index contributed by atoms with van der Waals surface area (Å²) >= 11 is 0. The van der Waals surface area contributed by atoms with E-state index in [1.54, 1.807) is 0 Å². The SMILES string of the molecule is NS(=O)(=O)c1cccc(S(=O)(=O)Nc2cccc3c(O)c(S(=O)(=O)N4CCOCC4)ccc23)c1. The number of sulfonamides is 3. The predicted molar refractivity (Wildman–Crippen MR) is 124 cm³/mol. The van der Waals surface area contributed by atoms with Crippen molar-refractivity contribution in [1.29, 1.82) is 0 Å². The number of primary sulfonamides is 1. The average molecular weight is 528 g/mol. The maximum absolute atomic E-state index is 13.0. The van der Waals surface area contributed by atoms with Gasteiger partial charge in [0, 0.05) is 23.9 Å². The summed E-state index contributed by atoms with van der Waals surface area (Å²) < 4.78 is 83.8. The van der Waals surface area contributed by atoms with E-state index in [9.17, 15) is 30.4 Å². The summed E-state index contributed by atoms with van der Waals surface area (Å²) in [5, 5.41) is 16.2. The molecule has 34 heavy (non-hydrogen) atoms. The lowest BCUT2D eigenvalue weighted by atomic mass is 10.1. The van der Waals surface area contributed by atoms with Crippen molar-refractivity contribution in [2.24, 2.45) is 5.14 Å². The summed E-state index contributed by atoms with van der Waals surface area (Å²) in [5.41, 5.74) is 0.0594. The van der Waals surface area contributed by atoms with Crippen molar-refractivity contribution in [2.75, 3.05) is 31.0 Å². The first kappa shape index (κ1) is 24.4. The normalized spacial score (nSPS) is 15.9. The molecular weight excluding hydrogens is 506 g/mol. The number of benzene rings is 3. The molecule has 1 aliphatic rings. The Labute approximate surface area is 196 Å². The number of rotatable bonds is 6. The molecule has 3 aromatic rings. The molecule has 14 heteroatoms. The number of hydrogen-bond acceptors (Lipinski definition) is 8. The third-order valence-corrected chi connectivity index (χ3v) is 9.48. The molecule has 0 bridgehead atoms. The first-order valence-corrected chi connectivity index (χ1v) is 14.4. The zero-order chi connectivity index (χ0) is 24.7. The lowest BCUT2D eigenvalue weighted by Gasteiger charge is -2.26. The Bertz CT molecular complexity index is 1580. The van der Waals surface area contributed by atoms with Crippen LogP contribution >= 0.6 is 0 Å². The number of hydrogen-bond donors (Lipinski definition) is 3. The van der Waals surface area contributed by atoms with Crippen LogP contribution in [-0.2, 0) is 34.8 Å². The molecule has 3 aromatic carbocycles. The van der Waals surface area contributed by atoms with Gasteiger partial charge in [-0.3, -0.25) is 4.72 Å². The lowest BCUT2D eigenvalue weighted by molar-refractivity contribution is 0.0730. The molecule has 1 saturated heterocycles. The Balaban J connectivity index is 1.75. The van der Waals surface area contributed by atoms with Crippen LogP contribution in [0, 0.1) is 0 Å². The highest BCUT2D eigenvalue weighted by Crippen LogP contribution is 2.37. The molecule has 0 radical (unpaired) electrons. The zero-order valence-electron chi connectivity index (χ0n) is 17.6. The fourth-order valence-corrected chi connectivity index (χ4v) is 6.83. The molecule has 0 aromatic heterocycles. The number of ether oxygens (including phenoxy) is 1. The van der Waals surface area contributed by atoms with Crippen molar-refractivity contribution in [3.8, 4) is 5.75 Å². The van der Waals surface area contributed by atoms with Crippen LogP contribution in [0.3, 0.4) is 0 Å². The van der Waals surface area contributed by atoms with Crippen molar-refractivity contribution in [3.63, 3.8) is 0 Å². The number of fused-ring (bicyclic) bond motifs is 1. The van der Waals surface area contributed by atoms with E-state index in [0.29, 0.717) is 0 Å². The smallest absolute Gasteiger partial charge is 0.261 e. The summed E-state index contributed by atoms with van der Waals surface area (Å²) in [6.45, 7) is 0.785. The van der Waals surface area contributed by atoms with Crippen LogP contribution in [0.4, 0.5) is 5.69 Å². The van der Waals surface area contributed by atoms with Gasteiger partial charge in [-0.1, -0.05) is 24.3 Å². The molecule has 0 saturated carbocycles. The first-order valence-electron chi connectivity index (χ1n) is 9.89. The van der Waals surface area contributed by atoms with E-state index in [1.165, 1.54) is 52.8 Å². The Morgan fingerprint density at radius 1 is 0.853 bits per heavy atom. The molecule has 0 atom stereocenters. The van der Waals surface area contributed by atoms with Crippen LogP contribution < -0.4 is 9.86 Å². The number of nitrogens with two attached hydrogens (primary N) is 1. The van der Waals surface area contributed by atoms with Gasteiger partial charge in [0.15, 0.2) is 0 Å². The lowest BCUT2D eigenvalue weighted by Crippen LogP contribution is -2.40. The highest BCUT2D eigenvalue weighted by molar-refractivity contribution is 7.93. The van der Waals surface area contributed by atoms with Gasteiger partial charge in [-0.15, -0.1) is 0 Å². The van der Waals surface area contributed by atoms with Crippen LogP contribution in [0.25, 0.3) is 10.8 Å². The Morgan fingerprint density at radius 2 is 1.50 bits per heavy atom. The van der Waals surface area contributed by atoms with Gasteiger partial charge < -0.3 is 9.84 Å². The molecule has 4 rings (SSSR count). The van der Waals surface area contributed by atoms with Gasteiger partial charge in [0.05, 0.1) is 28.7 Å². The third-order valence-electron chi connectivity index (χ3n) is 5.27. The Morgan fingerprint density at radius 3 is 2.18 bits per heavy atom. The van der Waals surface area contributed by atoms with E-state index in [1.807, 2.05) is 0 Å². The third kappa shape index (κ3) is 4.60. The van der Waals surface area contributed by atoms with Crippen molar-refractivity contribution in [2.45, 2.75) is 14.7 Å². The van der Waals surface area contributed by atoms with Crippen LogP contribution in [-0.4, -0.2) is 61.0 Å². The fourth-order valence-electron chi connectivity index (χ4n) is 3.57. The molecular formula is C20H21N3O8S3. The number of morpholine rings is 1. The second-order valence-corrected chi connectivity index (χ2v) is 12.6. The quantitative estimate of drug-likeness (QED) is 0.426. The number of anilines is 1. The molecule has 0 aliphatic carbocycles. The van der Waals surface area contributed by atoms with Crippen LogP contribution in [0.5, 0.6) is 5.75 Å². The molecule has 1 aliphatic heterocycles. The fraction of sp³-hybridized carbons (Fsp3) is 0.200. The molecule has 1 fully saturated rings. The summed E-state index contributed by atoms with van der Waals surface area (Å²) in [4.78, 5) is -1.02. The molecule has 1 heterocycles. The monoisotopic (exact) mass is 527 g/mol. The molecule has 0 spiro atoms. The number of phenolic OH excluding ortho intramolecular Hbond substituents is 1. The van der Waals surface area contributed by atoms with Gasteiger partial charge in [-0.05, 0) is 30.3 Å². The highest BCUT2D eigenvalue weighted by atomic mass is 32.2. The Hall–Kier alpha value is -2.75. The zero-order valence-corrected chi connectivity index (χ0v) is 20.0. The molecule has 0 unspecified atom stereocenters. The summed E-state index contributed by atoms with van der Waals surface area (Å²) in [5.74, 6) is -0.513. The molecule has 182 valence electrons. The van der Waals surface area contributed by atoms with Gasteiger partial charge in [0.25, 0.3) is 10.0 Å².